The first kappa shape index (κ1) is 18.8. The maximum absolute atomic E-state index is 13.1. The molecule has 3 aromatic rings. The van der Waals surface area contributed by atoms with Gasteiger partial charge < -0.3 is 14.4 Å². The van der Waals surface area contributed by atoms with Crippen molar-refractivity contribution in [3.8, 4) is 11.5 Å². The molecule has 0 amide bonds. The third-order valence-corrected chi connectivity index (χ3v) is 5.70. The molecule has 27 heavy (non-hydrogen) atoms. The molecule has 0 fully saturated rings. The Labute approximate surface area is 159 Å². The zero-order valence-corrected chi connectivity index (χ0v) is 16.5. The minimum absolute atomic E-state index is 0.202. The third kappa shape index (κ3) is 3.50. The van der Waals surface area contributed by atoms with Crippen LogP contribution >= 0.6 is 0 Å². The van der Waals surface area contributed by atoms with Gasteiger partial charge in [-0.2, -0.15) is 0 Å². The molecule has 1 N–H and O–H groups in total. The number of methoxy groups -OCH3 is 2. The Bertz CT molecular complexity index is 1080. The van der Waals surface area contributed by atoms with Crippen LogP contribution in [0.1, 0.15) is 0 Å². The zero-order valence-electron chi connectivity index (χ0n) is 15.7. The molecule has 0 aliphatic heterocycles. The Hall–Kier alpha value is -2.93. The van der Waals surface area contributed by atoms with Crippen molar-refractivity contribution in [3.63, 3.8) is 0 Å². The Morgan fingerprint density at radius 2 is 1.52 bits per heavy atom. The standard InChI is InChI=1S/C20H22N2O4S/c1-22(2)17-11-5-9-15-14(17)8-6-13-19(15)27(23,24)21-16-10-7-12-18(25-3)20(16)26-4/h5-13,21H,1-4H3. The summed E-state index contributed by atoms with van der Waals surface area (Å²) in [5.74, 6) is 0.781. The van der Waals surface area contributed by atoms with Crippen LogP contribution in [0.5, 0.6) is 11.5 Å². The average Bonchev–Trinajstić information content (AvgIpc) is 2.66. The molecular weight excluding hydrogens is 364 g/mol. The van der Waals surface area contributed by atoms with Gasteiger partial charge in [0.25, 0.3) is 10.0 Å². The van der Waals surface area contributed by atoms with Gasteiger partial charge in [-0.15, -0.1) is 0 Å². The lowest BCUT2D eigenvalue weighted by atomic mass is 10.1. The van der Waals surface area contributed by atoms with Crippen molar-refractivity contribution in [2.24, 2.45) is 0 Å². The van der Waals surface area contributed by atoms with Crippen molar-refractivity contribution < 1.29 is 17.9 Å². The minimum atomic E-state index is -3.84. The van der Waals surface area contributed by atoms with E-state index in [-0.39, 0.29) is 4.90 Å². The fourth-order valence-corrected chi connectivity index (χ4v) is 4.34. The number of fused-ring (bicyclic) bond motifs is 1. The Morgan fingerprint density at radius 3 is 2.19 bits per heavy atom. The van der Waals surface area contributed by atoms with Gasteiger partial charge in [0.15, 0.2) is 11.5 Å². The number of rotatable bonds is 6. The van der Waals surface area contributed by atoms with E-state index in [4.69, 9.17) is 9.47 Å². The van der Waals surface area contributed by atoms with Crippen LogP contribution in [0, 0.1) is 0 Å². The van der Waals surface area contributed by atoms with E-state index in [1.165, 1.54) is 14.2 Å². The number of anilines is 2. The molecule has 0 aliphatic rings. The van der Waals surface area contributed by atoms with Gasteiger partial charge in [-0.05, 0) is 24.3 Å². The van der Waals surface area contributed by atoms with E-state index in [1.807, 2.05) is 37.2 Å². The van der Waals surface area contributed by atoms with E-state index in [0.29, 0.717) is 22.6 Å². The molecule has 0 radical (unpaired) electrons. The highest BCUT2D eigenvalue weighted by atomic mass is 32.2. The first-order chi connectivity index (χ1) is 12.9. The fraction of sp³-hybridized carbons (Fsp3) is 0.200. The van der Waals surface area contributed by atoms with Crippen LogP contribution in [0.25, 0.3) is 10.8 Å². The largest absolute Gasteiger partial charge is 0.493 e. The van der Waals surface area contributed by atoms with Gasteiger partial charge in [0, 0.05) is 30.6 Å². The summed E-state index contributed by atoms with van der Waals surface area (Å²) in [4.78, 5) is 2.16. The summed E-state index contributed by atoms with van der Waals surface area (Å²) in [7, 11) is 2.98. The number of ether oxygens (including phenoxy) is 2. The van der Waals surface area contributed by atoms with Crippen molar-refractivity contribution in [2.45, 2.75) is 4.90 Å². The fourth-order valence-electron chi connectivity index (χ4n) is 3.06. The third-order valence-electron chi connectivity index (χ3n) is 4.28. The minimum Gasteiger partial charge on any atom is -0.493 e. The number of hydrogen-bond donors (Lipinski definition) is 1. The van der Waals surface area contributed by atoms with Crippen molar-refractivity contribution in [1.82, 2.24) is 0 Å². The van der Waals surface area contributed by atoms with E-state index in [0.717, 1.165) is 11.1 Å². The van der Waals surface area contributed by atoms with Crippen LogP contribution in [0.2, 0.25) is 0 Å². The molecule has 0 bridgehead atoms. The lowest BCUT2D eigenvalue weighted by molar-refractivity contribution is 0.356. The summed E-state index contributed by atoms with van der Waals surface area (Å²) in [6.07, 6.45) is 0. The van der Waals surface area contributed by atoms with E-state index in [1.54, 1.807) is 36.4 Å². The molecule has 0 heterocycles. The molecule has 6 nitrogen and oxygen atoms in total. The molecule has 0 unspecified atom stereocenters. The van der Waals surface area contributed by atoms with Crippen molar-refractivity contribution in [1.29, 1.82) is 0 Å². The highest BCUT2D eigenvalue weighted by Crippen LogP contribution is 2.37. The van der Waals surface area contributed by atoms with Crippen LogP contribution in [-0.2, 0) is 10.0 Å². The van der Waals surface area contributed by atoms with Crippen LogP contribution in [0.4, 0.5) is 11.4 Å². The molecule has 3 aromatic carbocycles. The second-order valence-corrected chi connectivity index (χ2v) is 7.82. The lowest BCUT2D eigenvalue weighted by Gasteiger charge is -2.18. The Morgan fingerprint density at radius 1 is 0.852 bits per heavy atom. The number of nitrogens with one attached hydrogen (secondary N) is 1. The number of para-hydroxylation sites is 1. The predicted molar refractivity (Wildman–Crippen MR) is 109 cm³/mol. The van der Waals surface area contributed by atoms with Gasteiger partial charge in [0.1, 0.15) is 0 Å². The van der Waals surface area contributed by atoms with E-state index in [2.05, 4.69) is 4.72 Å². The molecular formula is C20H22N2O4S. The lowest BCUT2D eigenvalue weighted by Crippen LogP contribution is -2.15. The molecule has 0 saturated carbocycles. The highest BCUT2D eigenvalue weighted by Gasteiger charge is 2.21. The van der Waals surface area contributed by atoms with Crippen LogP contribution < -0.4 is 19.1 Å². The van der Waals surface area contributed by atoms with Crippen LogP contribution in [0.3, 0.4) is 0 Å². The molecule has 0 spiro atoms. The molecule has 3 rings (SSSR count). The quantitative estimate of drug-likeness (QED) is 0.699. The summed E-state index contributed by atoms with van der Waals surface area (Å²) in [6, 6.07) is 15.9. The van der Waals surface area contributed by atoms with Crippen molar-refractivity contribution in [3.05, 3.63) is 54.6 Å². The molecule has 142 valence electrons. The van der Waals surface area contributed by atoms with Gasteiger partial charge in [-0.25, -0.2) is 8.42 Å². The zero-order chi connectivity index (χ0) is 19.6. The second kappa shape index (κ2) is 7.36. The molecule has 0 aromatic heterocycles. The Balaban J connectivity index is 2.13. The summed E-state index contributed by atoms with van der Waals surface area (Å²) in [6.45, 7) is 0. The maximum Gasteiger partial charge on any atom is 0.262 e. The molecule has 0 atom stereocenters. The number of benzene rings is 3. The maximum atomic E-state index is 13.1. The molecule has 0 aliphatic carbocycles. The predicted octanol–water partition coefficient (Wildman–Crippen LogP) is 3.72. The monoisotopic (exact) mass is 386 g/mol. The SMILES string of the molecule is COc1cccc(NS(=O)(=O)c2cccc3c(N(C)C)cccc23)c1OC. The van der Waals surface area contributed by atoms with Gasteiger partial charge >= 0.3 is 0 Å². The second-order valence-electron chi connectivity index (χ2n) is 6.17. The highest BCUT2D eigenvalue weighted by molar-refractivity contribution is 7.93. The van der Waals surface area contributed by atoms with Crippen LogP contribution in [-0.4, -0.2) is 36.7 Å². The summed E-state index contributed by atoms with van der Waals surface area (Å²) in [5.41, 5.74) is 1.26. The summed E-state index contributed by atoms with van der Waals surface area (Å²) in [5, 5.41) is 1.51. The number of sulfonamides is 1. The van der Waals surface area contributed by atoms with Gasteiger partial charge in [0.2, 0.25) is 0 Å². The van der Waals surface area contributed by atoms with E-state index in [9.17, 15) is 8.42 Å². The number of hydrogen-bond acceptors (Lipinski definition) is 5. The number of nitrogens with zero attached hydrogens (tertiary/aromatic N) is 1. The average molecular weight is 386 g/mol. The summed E-state index contributed by atoms with van der Waals surface area (Å²) < 4.78 is 39.5. The van der Waals surface area contributed by atoms with E-state index >= 15 is 0 Å². The normalized spacial score (nSPS) is 11.3. The van der Waals surface area contributed by atoms with Gasteiger partial charge in [0.05, 0.1) is 24.8 Å². The van der Waals surface area contributed by atoms with Crippen LogP contribution in [0.15, 0.2) is 59.5 Å². The summed E-state index contributed by atoms with van der Waals surface area (Å²) >= 11 is 0. The Kier molecular flexibility index (Phi) is 5.14. The molecule has 7 heteroatoms. The van der Waals surface area contributed by atoms with Crippen molar-refractivity contribution >= 4 is 32.2 Å². The first-order valence-corrected chi connectivity index (χ1v) is 9.80. The first-order valence-electron chi connectivity index (χ1n) is 8.32. The van der Waals surface area contributed by atoms with Crippen molar-refractivity contribution in [2.75, 3.05) is 37.9 Å². The molecule has 0 saturated heterocycles. The topological polar surface area (TPSA) is 67.9 Å². The van der Waals surface area contributed by atoms with Gasteiger partial charge in [-0.3, -0.25) is 4.72 Å². The smallest absolute Gasteiger partial charge is 0.262 e. The van der Waals surface area contributed by atoms with Gasteiger partial charge in [-0.1, -0.05) is 30.3 Å². The van der Waals surface area contributed by atoms with E-state index < -0.39 is 10.0 Å².